The van der Waals surface area contributed by atoms with Crippen molar-refractivity contribution in [1.29, 1.82) is 0 Å². The summed E-state index contributed by atoms with van der Waals surface area (Å²) < 4.78 is 26.0. The van der Waals surface area contributed by atoms with E-state index >= 15 is 0 Å². The van der Waals surface area contributed by atoms with Gasteiger partial charge in [-0.05, 0) is 59.4 Å². The lowest BCUT2D eigenvalue weighted by Crippen LogP contribution is -2.24. The van der Waals surface area contributed by atoms with E-state index in [0.29, 0.717) is 24.3 Å². The molecule has 0 spiro atoms. The first-order chi connectivity index (χ1) is 23.6. The minimum absolute atomic E-state index is 0.0765. The number of hydrogen-bond acceptors (Lipinski definition) is 11. The van der Waals surface area contributed by atoms with Crippen molar-refractivity contribution < 1.29 is 53.4 Å². The predicted molar refractivity (Wildman–Crippen MR) is 181 cm³/mol. The molecule has 0 aromatic heterocycles. The lowest BCUT2D eigenvalue weighted by atomic mass is 9.84. The second-order valence-corrected chi connectivity index (χ2v) is 10.9. The Morgan fingerprint density at radius 3 is 1.24 bits per heavy atom. The number of rotatable bonds is 21. The first kappa shape index (κ1) is 38.2. The highest BCUT2D eigenvalue weighted by Gasteiger charge is 2.19. The Balaban J connectivity index is 1.74. The standard InChI is InChI=1S/C38H42O11/c1-4-35(42)47-21-30(39)16-9-26-7-10-27(11-8-26)38(28-12-17-33(18-13-28)45-22-31(40)24-48-36(43)5-2)29-14-19-34(20-15-29)46-23-32(41)25-49-37(44)6-3/h4-8,10-15,17-20,30-32,38-41H,1-3,9,16,21-25H2. The maximum Gasteiger partial charge on any atom is 0.330 e. The van der Waals surface area contributed by atoms with Crippen LogP contribution >= 0.6 is 0 Å². The van der Waals surface area contributed by atoms with Crippen LogP contribution in [0.2, 0.25) is 0 Å². The third-order valence-electron chi connectivity index (χ3n) is 7.14. The molecule has 0 saturated carbocycles. The van der Waals surface area contributed by atoms with Gasteiger partial charge in [-0.1, -0.05) is 68.3 Å². The molecule has 0 bridgehead atoms. The van der Waals surface area contributed by atoms with E-state index in [0.717, 1.165) is 40.5 Å². The maximum absolute atomic E-state index is 11.3. The van der Waals surface area contributed by atoms with Crippen LogP contribution in [0.1, 0.15) is 34.6 Å². The highest BCUT2D eigenvalue weighted by Crippen LogP contribution is 2.34. The second-order valence-electron chi connectivity index (χ2n) is 10.9. The highest BCUT2D eigenvalue weighted by molar-refractivity contribution is 5.81. The fourth-order valence-corrected chi connectivity index (χ4v) is 4.58. The van der Waals surface area contributed by atoms with Crippen LogP contribution in [0.25, 0.3) is 0 Å². The molecule has 49 heavy (non-hydrogen) atoms. The Bertz CT molecular complexity index is 1330. The van der Waals surface area contributed by atoms with Crippen LogP contribution in [0.15, 0.2) is 111 Å². The number of benzene rings is 3. The van der Waals surface area contributed by atoms with E-state index < -0.39 is 36.2 Å². The highest BCUT2D eigenvalue weighted by atomic mass is 16.6. The molecule has 0 heterocycles. The van der Waals surface area contributed by atoms with Gasteiger partial charge in [0.05, 0.1) is 6.10 Å². The van der Waals surface area contributed by atoms with Crippen LogP contribution < -0.4 is 9.47 Å². The minimum Gasteiger partial charge on any atom is -0.491 e. The quantitative estimate of drug-likeness (QED) is 0.0653. The number of carbonyl (C=O) groups is 3. The summed E-state index contributed by atoms with van der Waals surface area (Å²) in [4.78, 5) is 33.7. The van der Waals surface area contributed by atoms with Crippen LogP contribution in [0, 0.1) is 0 Å². The summed E-state index contributed by atoms with van der Waals surface area (Å²) in [5.74, 6) is -1.00. The van der Waals surface area contributed by atoms with Crippen LogP contribution in [-0.2, 0) is 35.0 Å². The molecule has 0 fully saturated rings. The molecule has 3 atom stereocenters. The number of esters is 3. The van der Waals surface area contributed by atoms with E-state index in [9.17, 15) is 29.7 Å². The average Bonchev–Trinajstić information content (AvgIpc) is 3.13. The van der Waals surface area contributed by atoms with Gasteiger partial charge < -0.3 is 39.0 Å². The summed E-state index contributed by atoms with van der Waals surface area (Å²) in [6.07, 6.45) is 1.25. The van der Waals surface area contributed by atoms with Crippen LogP contribution in [0.5, 0.6) is 11.5 Å². The van der Waals surface area contributed by atoms with Crippen molar-refractivity contribution in [3.05, 3.63) is 133 Å². The molecule has 260 valence electrons. The molecule has 0 aliphatic carbocycles. The van der Waals surface area contributed by atoms with Gasteiger partial charge in [-0.2, -0.15) is 0 Å². The molecule has 11 nitrogen and oxygen atoms in total. The third kappa shape index (κ3) is 13.4. The fraction of sp³-hybridized carbons (Fsp3) is 0.289. The van der Waals surface area contributed by atoms with Gasteiger partial charge in [0.25, 0.3) is 0 Å². The summed E-state index contributed by atoms with van der Waals surface area (Å²) in [6.45, 7) is 9.29. The molecular formula is C38H42O11. The fourth-order valence-electron chi connectivity index (χ4n) is 4.58. The van der Waals surface area contributed by atoms with E-state index in [2.05, 4.69) is 19.7 Å². The lowest BCUT2D eigenvalue weighted by Gasteiger charge is -2.21. The Kier molecular flexibility index (Phi) is 15.8. The molecule has 11 heteroatoms. The Morgan fingerprint density at radius 2 is 0.878 bits per heavy atom. The first-order valence-electron chi connectivity index (χ1n) is 15.6. The summed E-state index contributed by atoms with van der Waals surface area (Å²) in [7, 11) is 0. The molecule has 3 aromatic carbocycles. The van der Waals surface area contributed by atoms with Gasteiger partial charge in [-0.25, -0.2) is 14.4 Å². The van der Waals surface area contributed by atoms with Gasteiger partial charge in [-0.15, -0.1) is 0 Å². The van der Waals surface area contributed by atoms with E-state index in [1.54, 1.807) is 24.3 Å². The summed E-state index contributed by atoms with van der Waals surface area (Å²) >= 11 is 0. The minimum atomic E-state index is -1.01. The molecule has 0 aliphatic heterocycles. The Hall–Kier alpha value is -5.23. The molecule has 0 radical (unpaired) electrons. The van der Waals surface area contributed by atoms with Crippen LogP contribution in [-0.4, -0.2) is 84.6 Å². The first-order valence-corrected chi connectivity index (χ1v) is 15.6. The maximum atomic E-state index is 11.3. The predicted octanol–water partition coefficient (Wildman–Crippen LogP) is 3.83. The van der Waals surface area contributed by atoms with Gasteiger partial charge in [0, 0.05) is 24.1 Å². The normalized spacial score (nSPS) is 13.1. The number of aryl methyl sites for hydroxylation is 1. The molecule has 3 unspecified atom stereocenters. The van der Waals surface area contributed by atoms with Gasteiger partial charge >= 0.3 is 17.9 Å². The van der Waals surface area contributed by atoms with Crippen molar-refractivity contribution in [1.82, 2.24) is 0 Å². The monoisotopic (exact) mass is 674 g/mol. The van der Waals surface area contributed by atoms with E-state index in [-0.39, 0.29) is 39.0 Å². The number of hydrogen-bond donors (Lipinski definition) is 3. The molecular weight excluding hydrogens is 632 g/mol. The van der Waals surface area contributed by atoms with Crippen molar-refractivity contribution in [2.75, 3.05) is 33.0 Å². The van der Waals surface area contributed by atoms with E-state index in [1.807, 2.05) is 48.5 Å². The molecule has 0 amide bonds. The van der Waals surface area contributed by atoms with Crippen molar-refractivity contribution in [3.8, 4) is 11.5 Å². The zero-order valence-electron chi connectivity index (χ0n) is 27.1. The van der Waals surface area contributed by atoms with E-state index in [1.165, 1.54) is 0 Å². The zero-order chi connectivity index (χ0) is 35.6. The van der Waals surface area contributed by atoms with Gasteiger partial charge in [0.1, 0.15) is 56.7 Å². The van der Waals surface area contributed by atoms with Crippen LogP contribution in [0.4, 0.5) is 0 Å². The number of ether oxygens (including phenoxy) is 5. The van der Waals surface area contributed by atoms with Gasteiger partial charge in [-0.3, -0.25) is 0 Å². The van der Waals surface area contributed by atoms with Gasteiger partial charge in [0.15, 0.2) is 0 Å². The third-order valence-corrected chi connectivity index (χ3v) is 7.14. The Morgan fingerprint density at radius 1 is 0.531 bits per heavy atom. The SMILES string of the molecule is C=CC(=O)OCC(O)CCc1ccc(C(c2ccc(OCC(O)COC(=O)C=C)cc2)c2ccc(OCC(O)COC(=O)C=C)cc2)cc1. The van der Waals surface area contributed by atoms with Crippen molar-refractivity contribution in [2.45, 2.75) is 37.1 Å². The summed E-state index contributed by atoms with van der Waals surface area (Å²) in [5.41, 5.74) is 3.89. The topological polar surface area (TPSA) is 158 Å². The van der Waals surface area contributed by atoms with Crippen LogP contribution in [0.3, 0.4) is 0 Å². The van der Waals surface area contributed by atoms with Crippen molar-refractivity contribution in [2.24, 2.45) is 0 Å². The van der Waals surface area contributed by atoms with E-state index in [4.69, 9.17) is 23.7 Å². The summed E-state index contributed by atoms with van der Waals surface area (Å²) in [5, 5.41) is 30.3. The largest absolute Gasteiger partial charge is 0.491 e. The Labute approximate surface area is 285 Å². The summed E-state index contributed by atoms with van der Waals surface area (Å²) in [6, 6.07) is 22.8. The lowest BCUT2D eigenvalue weighted by molar-refractivity contribution is -0.142. The molecule has 3 N–H and O–H groups in total. The van der Waals surface area contributed by atoms with Gasteiger partial charge in [0.2, 0.25) is 0 Å². The molecule has 3 rings (SSSR count). The smallest absolute Gasteiger partial charge is 0.330 e. The second kappa shape index (κ2) is 20.2. The molecule has 0 saturated heterocycles. The number of aliphatic hydroxyl groups excluding tert-OH is 3. The molecule has 0 aliphatic rings. The van der Waals surface area contributed by atoms with Crippen molar-refractivity contribution >= 4 is 17.9 Å². The zero-order valence-corrected chi connectivity index (χ0v) is 27.1. The van der Waals surface area contributed by atoms with Crippen molar-refractivity contribution in [3.63, 3.8) is 0 Å². The number of carbonyl (C=O) groups excluding carboxylic acids is 3. The number of aliphatic hydroxyl groups is 3. The molecule has 3 aromatic rings. The average molecular weight is 675 g/mol.